The Hall–Kier alpha value is -3.29. The molecule has 6 nitrogen and oxygen atoms in total. The second kappa shape index (κ2) is 9.23. The molecule has 1 amide bonds. The summed E-state index contributed by atoms with van der Waals surface area (Å²) in [6.07, 6.45) is 12.6. The van der Waals surface area contributed by atoms with Crippen LogP contribution in [0.3, 0.4) is 0 Å². The Labute approximate surface area is 215 Å². The van der Waals surface area contributed by atoms with Crippen LogP contribution in [0.5, 0.6) is 5.75 Å². The smallest absolute Gasteiger partial charge is 0.243 e. The maximum atomic E-state index is 13.6. The predicted octanol–water partition coefficient (Wildman–Crippen LogP) is 6.40. The molecule has 8 heteroatoms. The number of rotatable bonds is 10. The standard InChI is InChI=1S/C29H32F2N4O2/c1-37-24-7-6-20-15-34(33-25(20)14-24)19-29-16-28(17-29,18-29)9-4-2-3-5-27(36)35-26(8-10-32-35)21-11-22(30)13-23(31)12-21/h6-7,10-15,26H,2-5,8-9,16-19H2,1H3. The number of carbonyl (C=O) groups is 1. The molecule has 194 valence electrons. The molecule has 7 rings (SSSR count). The second-order valence-electron chi connectivity index (χ2n) is 11.3. The van der Waals surface area contributed by atoms with Crippen LogP contribution in [-0.4, -0.2) is 34.0 Å². The lowest BCUT2D eigenvalue weighted by Crippen LogP contribution is -2.63. The van der Waals surface area contributed by atoms with Crippen LogP contribution in [-0.2, 0) is 11.3 Å². The van der Waals surface area contributed by atoms with E-state index in [1.807, 2.05) is 12.1 Å². The van der Waals surface area contributed by atoms with Gasteiger partial charge in [0.1, 0.15) is 17.4 Å². The number of aromatic nitrogens is 2. The molecule has 0 radical (unpaired) electrons. The van der Waals surface area contributed by atoms with Gasteiger partial charge in [0.05, 0.1) is 18.7 Å². The Morgan fingerprint density at radius 2 is 1.84 bits per heavy atom. The maximum Gasteiger partial charge on any atom is 0.243 e. The SMILES string of the molecule is COc1ccc2cn(CC34CC(CCCCCC(=O)N5N=CCC5c5cc(F)cc(F)c5)(C3)C4)nc2c1. The molecule has 0 N–H and O–H groups in total. The van der Waals surface area contributed by atoms with E-state index in [1.165, 1.54) is 42.8 Å². The molecule has 3 saturated carbocycles. The number of carbonyl (C=O) groups excluding carboxylic acids is 1. The fourth-order valence-corrected chi connectivity index (χ4v) is 7.03. The van der Waals surface area contributed by atoms with Crippen molar-refractivity contribution in [3.8, 4) is 5.75 Å². The highest BCUT2D eigenvalue weighted by molar-refractivity contribution is 5.80. The van der Waals surface area contributed by atoms with Crippen LogP contribution < -0.4 is 4.74 Å². The van der Waals surface area contributed by atoms with Gasteiger partial charge in [-0.05, 0) is 72.8 Å². The van der Waals surface area contributed by atoms with Crippen LogP contribution in [0.25, 0.3) is 10.9 Å². The van der Waals surface area contributed by atoms with Gasteiger partial charge in [0.25, 0.3) is 0 Å². The molecule has 1 aliphatic heterocycles. The zero-order valence-corrected chi connectivity index (χ0v) is 21.1. The van der Waals surface area contributed by atoms with E-state index in [0.717, 1.165) is 48.5 Å². The third kappa shape index (κ3) is 4.62. The van der Waals surface area contributed by atoms with Gasteiger partial charge in [0, 0.05) is 49.3 Å². The van der Waals surface area contributed by atoms with Gasteiger partial charge >= 0.3 is 0 Å². The van der Waals surface area contributed by atoms with Crippen LogP contribution in [0.2, 0.25) is 0 Å². The van der Waals surface area contributed by atoms with E-state index < -0.39 is 17.7 Å². The van der Waals surface area contributed by atoms with Crippen molar-refractivity contribution in [3.05, 3.63) is 59.8 Å². The first-order chi connectivity index (χ1) is 17.9. The monoisotopic (exact) mass is 506 g/mol. The number of unbranched alkanes of at least 4 members (excludes halogenated alkanes) is 2. The van der Waals surface area contributed by atoms with Crippen molar-refractivity contribution < 1.29 is 18.3 Å². The van der Waals surface area contributed by atoms with Gasteiger partial charge in [-0.3, -0.25) is 9.48 Å². The summed E-state index contributed by atoms with van der Waals surface area (Å²) in [5.41, 5.74) is 2.32. The Bertz CT molecular complexity index is 1330. The summed E-state index contributed by atoms with van der Waals surface area (Å²) >= 11 is 0. The summed E-state index contributed by atoms with van der Waals surface area (Å²) in [6, 6.07) is 9.00. The minimum Gasteiger partial charge on any atom is -0.497 e. The number of fused-ring (bicyclic) bond motifs is 1. The molecule has 37 heavy (non-hydrogen) atoms. The number of hydrogen-bond donors (Lipinski definition) is 0. The van der Waals surface area contributed by atoms with Crippen molar-refractivity contribution in [1.82, 2.24) is 14.8 Å². The van der Waals surface area contributed by atoms with Crippen LogP contribution in [0, 0.1) is 22.5 Å². The van der Waals surface area contributed by atoms with Crippen molar-refractivity contribution in [1.29, 1.82) is 0 Å². The summed E-state index contributed by atoms with van der Waals surface area (Å²) in [6.45, 7) is 0.979. The van der Waals surface area contributed by atoms with Crippen molar-refractivity contribution in [2.24, 2.45) is 15.9 Å². The Balaban J connectivity index is 0.926. The number of halogens is 2. The Kier molecular flexibility index (Phi) is 6.00. The molecule has 1 atom stereocenters. The van der Waals surface area contributed by atoms with Gasteiger partial charge in [-0.1, -0.05) is 12.8 Å². The Morgan fingerprint density at radius 1 is 1.05 bits per heavy atom. The zero-order chi connectivity index (χ0) is 25.6. The molecule has 2 aromatic carbocycles. The zero-order valence-electron chi connectivity index (χ0n) is 21.1. The molecule has 0 saturated heterocycles. The van der Waals surface area contributed by atoms with Crippen molar-refractivity contribution >= 4 is 23.0 Å². The molecule has 2 bridgehead atoms. The molecular weight excluding hydrogens is 474 g/mol. The lowest BCUT2D eigenvalue weighted by Gasteiger charge is -2.71. The van der Waals surface area contributed by atoms with E-state index in [4.69, 9.17) is 9.84 Å². The molecule has 4 aliphatic rings. The number of nitrogens with zero attached hydrogens (tertiary/aromatic N) is 4. The first-order valence-electron chi connectivity index (χ1n) is 13.2. The molecule has 1 unspecified atom stereocenters. The van der Waals surface area contributed by atoms with Gasteiger partial charge < -0.3 is 4.74 Å². The van der Waals surface area contributed by atoms with Crippen LogP contribution in [0.4, 0.5) is 8.78 Å². The number of hydrogen-bond acceptors (Lipinski definition) is 4. The number of ether oxygens (including phenoxy) is 1. The Morgan fingerprint density at radius 3 is 2.59 bits per heavy atom. The average Bonchev–Trinajstić information content (AvgIpc) is 3.46. The fraction of sp³-hybridized carbons (Fsp3) is 0.483. The first kappa shape index (κ1) is 24.1. The largest absolute Gasteiger partial charge is 0.497 e. The predicted molar refractivity (Wildman–Crippen MR) is 137 cm³/mol. The minimum atomic E-state index is -0.636. The normalized spacial score (nSPS) is 25.8. The van der Waals surface area contributed by atoms with Crippen LogP contribution in [0.15, 0.2) is 47.7 Å². The topological polar surface area (TPSA) is 59.7 Å². The number of methoxy groups -OCH3 is 1. The van der Waals surface area contributed by atoms with E-state index >= 15 is 0 Å². The van der Waals surface area contributed by atoms with Crippen LogP contribution >= 0.6 is 0 Å². The maximum absolute atomic E-state index is 13.6. The summed E-state index contributed by atoms with van der Waals surface area (Å²) in [5.74, 6) is -0.525. The van der Waals surface area contributed by atoms with Gasteiger partial charge in [-0.15, -0.1) is 0 Å². The van der Waals surface area contributed by atoms with Gasteiger partial charge in [-0.25, -0.2) is 13.8 Å². The molecule has 3 aliphatic carbocycles. The third-order valence-corrected chi connectivity index (χ3v) is 8.46. The van der Waals surface area contributed by atoms with Crippen LogP contribution in [0.1, 0.15) is 69.4 Å². The first-order valence-corrected chi connectivity index (χ1v) is 13.2. The fourth-order valence-electron chi connectivity index (χ4n) is 7.03. The van der Waals surface area contributed by atoms with Gasteiger partial charge in [0.15, 0.2) is 0 Å². The van der Waals surface area contributed by atoms with Crippen molar-refractivity contribution in [2.45, 2.75) is 70.4 Å². The average molecular weight is 507 g/mol. The number of benzene rings is 2. The lowest BCUT2D eigenvalue weighted by atomic mass is 9.34. The molecule has 2 heterocycles. The van der Waals surface area contributed by atoms with E-state index in [1.54, 1.807) is 13.3 Å². The lowest BCUT2D eigenvalue weighted by molar-refractivity contribution is -0.217. The third-order valence-electron chi connectivity index (χ3n) is 8.46. The molecule has 3 aromatic rings. The second-order valence-corrected chi connectivity index (χ2v) is 11.3. The van der Waals surface area contributed by atoms with Gasteiger partial charge in [-0.2, -0.15) is 10.2 Å². The minimum absolute atomic E-state index is 0.0860. The highest BCUT2D eigenvalue weighted by atomic mass is 19.1. The number of hydrazone groups is 1. The summed E-state index contributed by atoms with van der Waals surface area (Å²) in [4.78, 5) is 12.8. The molecule has 1 aromatic heterocycles. The molecule has 3 fully saturated rings. The van der Waals surface area contributed by atoms with Crippen molar-refractivity contribution in [2.75, 3.05) is 7.11 Å². The molecular formula is C29H32F2N4O2. The van der Waals surface area contributed by atoms with E-state index in [0.29, 0.717) is 29.2 Å². The highest BCUT2D eigenvalue weighted by Gasteiger charge is 2.66. The summed E-state index contributed by atoms with van der Waals surface area (Å²) in [5, 5.41) is 11.5. The van der Waals surface area contributed by atoms with E-state index in [2.05, 4.69) is 22.0 Å². The highest BCUT2D eigenvalue weighted by Crippen LogP contribution is 2.75. The van der Waals surface area contributed by atoms with Crippen molar-refractivity contribution in [3.63, 3.8) is 0 Å². The summed E-state index contributed by atoms with van der Waals surface area (Å²) < 4.78 is 34.7. The number of amides is 1. The van der Waals surface area contributed by atoms with E-state index in [-0.39, 0.29) is 5.91 Å². The van der Waals surface area contributed by atoms with Gasteiger partial charge in [0.2, 0.25) is 5.91 Å². The quantitative estimate of drug-likeness (QED) is 0.299. The molecule has 0 spiro atoms. The summed E-state index contributed by atoms with van der Waals surface area (Å²) in [7, 11) is 1.67. The van der Waals surface area contributed by atoms with E-state index in [9.17, 15) is 13.6 Å².